The van der Waals surface area contributed by atoms with Gasteiger partial charge in [0.15, 0.2) is 11.6 Å². The van der Waals surface area contributed by atoms with Crippen molar-refractivity contribution in [1.82, 2.24) is 0 Å². The lowest BCUT2D eigenvalue weighted by Crippen LogP contribution is -2.14. The lowest BCUT2D eigenvalue weighted by molar-refractivity contribution is -0.140. The predicted molar refractivity (Wildman–Crippen MR) is 128 cm³/mol. The van der Waals surface area contributed by atoms with Gasteiger partial charge in [-0.3, -0.25) is 4.79 Å². The van der Waals surface area contributed by atoms with E-state index in [-0.39, 0.29) is 25.4 Å². The Balaban J connectivity index is 1.58. The Bertz CT molecular complexity index is 1190. The fourth-order valence-corrected chi connectivity index (χ4v) is 3.25. The molecule has 1 atom stereocenters. The van der Waals surface area contributed by atoms with Crippen LogP contribution < -0.4 is 9.47 Å². The van der Waals surface area contributed by atoms with E-state index in [2.05, 4.69) is 16.0 Å². The Morgan fingerprint density at radius 1 is 1.03 bits per heavy atom. The van der Waals surface area contributed by atoms with Gasteiger partial charge in [-0.2, -0.15) is 5.26 Å². The number of carbonyl (C=O) groups excluding carboxylic acids is 1. The molecule has 0 saturated heterocycles. The molecule has 0 aliphatic heterocycles. The fraction of sp³-hybridized carbons (Fsp3) is 0.222. The molecule has 180 valence electrons. The molecule has 0 radical (unpaired) electrons. The number of methoxy groups -OCH3 is 1. The summed E-state index contributed by atoms with van der Waals surface area (Å²) in [5.74, 6) is -0.937. The van der Waals surface area contributed by atoms with Crippen molar-refractivity contribution < 1.29 is 28.2 Å². The molecule has 1 unspecified atom stereocenters. The molecule has 8 heteroatoms. The summed E-state index contributed by atoms with van der Waals surface area (Å²) in [5.41, 5.74) is 2.66. The number of nitriles is 1. The normalized spacial score (nSPS) is 11.8. The summed E-state index contributed by atoms with van der Waals surface area (Å²) in [6.45, 7) is 0.178. The van der Waals surface area contributed by atoms with E-state index in [4.69, 9.17) is 14.3 Å². The van der Waals surface area contributed by atoms with Crippen LogP contribution in [0.1, 0.15) is 29.0 Å². The molecule has 0 fully saturated rings. The number of halogens is 1. The van der Waals surface area contributed by atoms with E-state index in [1.165, 1.54) is 26.4 Å². The molecule has 0 spiro atoms. The zero-order valence-electron chi connectivity index (χ0n) is 19.4. The number of esters is 1. The van der Waals surface area contributed by atoms with Gasteiger partial charge in [-0.05, 0) is 35.4 Å². The minimum Gasteiger partial charge on any atom is -0.489 e. The average molecular weight is 477 g/mol. The first-order chi connectivity index (χ1) is 17.0. The second-order valence-corrected chi connectivity index (χ2v) is 7.46. The van der Waals surface area contributed by atoms with Crippen LogP contribution in [0.3, 0.4) is 0 Å². The van der Waals surface area contributed by atoms with Crippen molar-refractivity contribution in [3.05, 3.63) is 95.3 Å². The van der Waals surface area contributed by atoms with Crippen LogP contribution >= 0.6 is 0 Å². The van der Waals surface area contributed by atoms with Gasteiger partial charge in [0.25, 0.3) is 0 Å². The van der Waals surface area contributed by atoms with E-state index in [9.17, 15) is 14.4 Å². The van der Waals surface area contributed by atoms with E-state index >= 15 is 0 Å². The molecule has 35 heavy (non-hydrogen) atoms. The SMILES string of the molecule is CON=C(COc1ccc(COc2ccc(C(C#N)CC(=O)OC)cc2)cc1F)c1ccccc1. The van der Waals surface area contributed by atoms with Crippen molar-refractivity contribution in [2.24, 2.45) is 5.16 Å². The lowest BCUT2D eigenvalue weighted by Gasteiger charge is -2.12. The van der Waals surface area contributed by atoms with Crippen LogP contribution in [-0.2, 0) is 21.0 Å². The largest absolute Gasteiger partial charge is 0.489 e. The number of benzene rings is 3. The minimum absolute atomic E-state index is 0.0228. The van der Waals surface area contributed by atoms with Gasteiger partial charge in [0.2, 0.25) is 0 Å². The lowest BCUT2D eigenvalue weighted by atomic mass is 9.97. The van der Waals surface area contributed by atoms with Gasteiger partial charge in [-0.1, -0.05) is 53.7 Å². The topological polar surface area (TPSA) is 90.1 Å². The van der Waals surface area contributed by atoms with Crippen LogP contribution in [0.4, 0.5) is 4.39 Å². The second-order valence-electron chi connectivity index (χ2n) is 7.46. The summed E-state index contributed by atoms with van der Waals surface area (Å²) < 4.78 is 30.6. The summed E-state index contributed by atoms with van der Waals surface area (Å²) >= 11 is 0. The maximum atomic E-state index is 14.6. The quantitative estimate of drug-likeness (QED) is 0.220. The molecular weight excluding hydrogens is 451 g/mol. The van der Waals surface area contributed by atoms with Crippen molar-refractivity contribution in [1.29, 1.82) is 5.26 Å². The number of hydrogen-bond acceptors (Lipinski definition) is 7. The smallest absolute Gasteiger partial charge is 0.307 e. The molecular formula is C27H25FN2O5. The Hall–Kier alpha value is -4.38. The fourth-order valence-electron chi connectivity index (χ4n) is 3.25. The zero-order valence-corrected chi connectivity index (χ0v) is 19.4. The Labute approximate surface area is 203 Å². The van der Waals surface area contributed by atoms with Crippen LogP contribution in [0.5, 0.6) is 11.5 Å². The number of oxime groups is 1. The average Bonchev–Trinajstić information content (AvgIpc) is 2.90. The first-order valence-electron chi connectivity index (χ1n) is 10.8. The molecule has 0 saturated carbocycles. The molecule has 3 aromatic carbocycles. The van der Waals surface area contributed by atoms with Crippen LogP contribution in [0.25, 0.3) is 0 Å². The number of rotatable bonds is 11. The highest BCUT2D eigenvalue weighted by molar-refractivity contribution is 6.01. The van der Waals surface area contributed by atoms with Crippen LogP contribution in [0, 0.1) is 17.1 Å². The predicted octanol–water partition coefficient (Wildman–Crippen LogP) is 5.00. The van der Waals surface area contributed by atoms with Gasteiger partial charge in [-0.15, -0.1) is 0 Å². The zero-order chi connectivity index (χ0) is 25.0. The summed E-state index contributed by atoms with van der Waals surface area (Å²) in [7, 11) is 2.73. The number of hydrogen-bond donors (Lipinski definition) is 0. The molecule has 0 heterocycles. The van der Waals surface area contributed by atoms with Gasteiger partial charge >= 0.3 is 5.97 Å². The van der Waals surface area contributed by atoms with E-state index in [1.807, 2.05) is 30.3 Å². The molecule has 0 aromatic heterocycles. The molecule has 0 aliphatic rings. The third-order valence-corrected chi connectivity index (χ3v) is 5.11. The first-order valence-corrected chi connectivity index (χ1v) is 10.8. The third kappa shape index (κ3) is 7.30. The van der Waals surface area contributed by atoms with Crippen LogP contribution in [-0.4, -0.2) is 32.5 Å². The molecule has 7 nitrogen and oxygen atoms in total. The summed E-state index contributed by atoms with van der Waals surface area (Å²) in [6.07, 6.45) is -0.0228. The summed E-state index contributed by atoms with van der Waals surface area (Å²) in [6, 6.07) is 22.9. The van der Waals surface area contributed by atoms with Crippen molar-refractivity contribution in [3.63, 3.8) is 0 Å². The molecule has 3 rings (SSSR count). The third-order valence-electron chi connectivity index (χ3n) is 5.11. The van der Waals surface area contributed by atoms with Crippen LogP contribution in [0.2, 0.25) is 0 Å². The number of carbonyl (C=O) groups is 1. The second kappa shape index (κ2) is 12.8. The monoisotopic (exact) mass is 476 g/mol. The molecule has 0 N–H and O–H groups in total. The van der Waals surface area contributed by atoms with Gasteiger partial charge < -0.3 is 19.0 Å². The number of nitrogens with zero attached hydrogens (tertiary/aromatic N) is 2. The standard InChI is InChI=1S/C27H25FN2O5/c1-32-27(31)15-22(16-29)20-9-11-23(12-10-20)34-17-19-8-13-26(24(28)14-19)35-18-25(30-33-2)21-6-4-3-5-7-21/h3-14,22H,15,17-18H2,1-2H3. The Kier molecular flexibility index (Phi) is 9.20. The maximum absolute atomic E-state index is 14.6. The molecule has 0 bridgehead atoms. The van der Waals surface area contributed by atoms with Crippen molar-refractivity contribution in [2.75, 3.05) is 20.8 Å². The van der Waals surface area contributed by atoms with Gasteiger partial charge in [0.1, 0.15) is 31.8 Å². The van der Waals surface area contributed by atoms with Crippen molar-refractivity contribution in [3.8, 4) is 17.6 Å². The summed E-state index contributed by atoms with van der Waals surface area (Å²) in [4.78, 5) is 16.3. The van der Waals surface area contributed by atoms with E-state index in [1.54, 1.807) is 30.3 Å². The van der Waals surface area contributed by atoms with E-state index < -0.39 is 17.7 Å². The van der Waals surface area contributed by atoms with Gasteiger partial charge in [-0.25, -0.2) is 4.39 Å². The molecule has 0 aliphatic carbocycles. The number of ether oxygens (including phenoxy) is 3. The van der Waals surface area contributed by atoms with E-state index in [0.717, 1.165) is 5.56 Å². The van der Waals surface area contributed by atoms with E-state index in [0.29, 0.717) is 22.6 Å². The highest BCUT2D eigenvalue weighted by Crippen LogP contribution is 2.24. The maximum Gasteiger partial charge on any atom is 0.307 e. The highest BCUT2D eigenvalue weighted by atomic mass is 19.1. The van der Waals surface area contributed by atoms with Gasteiger partial charge in [0.05, 0.1) is 25.5 Å². The van der Waals surface area contributed by atoms with Crippen LogP contribution in [0.15, 0.2) is 78.0 Å². The summed E-state index contributed by atoms with van der Waals surface area (Å²) in [5, 5.41) is 13.3. The highest BCUT2D eigenvalue weighted by Gasteiger charge is 2.16. The molecule has 0 amide bonds. The first kappa shape index (κ1) is 25.2. The Morgan fingerprint density at radius 3 is 2.40 bits per heavy atom. The van der Waals surface area contributed by atoms with Crippen molar-refractivity contribution >= 4 is 11.7 Å². The van der Waals surface area contributed by atoms with Gasteiger partial charge in [0, 0.05) is 5.56 Å². The minimum atomic E-state index is -0.602. The van der Waals surface area contributed by atoms with Crippen molar-refractivity contribution in [2.45, 2.75) is 18.9 Å². The molecule has 3 aromatic rings. The Morgan fingerprint density at radius 2 is 1.77 bits per heavy atom.